The first-order valence-electron chi connectivity index (χ1n) is 13.6. The molecule has 0 fully saturated rings. The SMILES string of the molecule is COc1cc(Cn2nc(C)c(-c3cccc(F)c3OCc3ccccc3)c(/C=C/c3cccc(F)c3)c2=O)cc(OC)c1. The standard InChI is InChI=1S/C35H30F2N2O4/c1-23-33(30-13-8-14-32(37)34(30)43-22-25-9-5-4-6-10-25)31(16-15-24-11-7-12-27(36)17-24)35(40)39(38-23)21-26-18-28(41-2)20-29(19-26)42-3/h4-20H,21-22H2,1-3H3/b16-15+. The fraction of sp³-hybridized carbons (Fsp3) is 0.143. The zero-order valence-electron chi connectivity index (χ0n) is 24.0. The summed E-state index contributed by atoms with van der Waals surface area (Å²) in [4.78, 5) is 14.1. The Morgan fingerprint density at radius 2 is 1.53 bits per heavy atom. The molecule has 0 saturated carbocycles. The first kappa shape index (κ1) is 29.3. The number of aryl methyl sites for hydroxylation is 1. The molecular formula is C35H30F2N2O4. The van der Waals surface area contributed by atoms with Crippen molar-refractivity contribution < 1.29 is 23.0 Å². The molecule has 0 saturated heterocycles. The zero-order valence-corrected chi connectivity index (χ0v) is 24.0. The number of ether oxygens (including phenoxy) is 3. The molecular weight excluding hydrogens is 550 g/mol. The van der Waals surface area contributed by atoms with E-state index in [2.05, 4.69) is 5.10 Å². The van der Waals surface area contributed by atoms with Crippen molar-refractivity contribution in [3.8, 4) is 28.4 Å². The normalized spacial score (nSPS) is 11.1. The van der Waals surface area contributed by atoms with Crippen LogP contribution < -0.4 is 19.8 Å². The number of hydrogen-bond donors (Lipinski definition) is 0. The van der Waals surface area contributed by atoms with Gasteiger partial charge in [0.05, 0.1) is 32.0 Å². The Kier molecular flexibility index (Phi) is 8.96. The highest BCUT2D eigenvalue weighted by molar-refractivity contribution is 5.84. The Hall–Kier alpha value is -5.24. The van der Waals surface area contributed by atoms with Gasteiger partial charge in [-0.2, -0.15) is 5.10 Å². The topological polar surface area (TPSA) is 62.6 Å². The monoisotopic (exact) mass is 580 g/mol. The molecule has 0 amide bonds. The second-order valence-corrected chi connectivity index (χ2v) is 9.84. The second kappa shape index (κ2) is 13.2. The predicted molar refractivity (Wildman–Crippen MR) is 163 cm³/mol. The lowest BCUT2D eigenvalue weighted by Gasteiger charge is -2.18. The molecule has 5 aromatic rings. The Labute approximate surface area is 248 Å². The van der Waals surface area contributed by atoms with Crippen LogP contribution in [0.25, 0.3) is 23.3 Å². The minimum atomic E-state index is -0.569. The van der Waals surface area contributed by atoms with Crippen LogP contribution in [0, 0.1) is 18.6 Å². The predicted octanol–water partition coefficient (Wildman–Crippen LogP) is 7.31. The van der Waals surface area contributed by atoms with Gasteiger partial charge >= 0.3 is 0 Å². The molecule has 0 aliphatic rings. The zero-order chi connectivity index (χ0) is 30.3. The molecule has 0 unspecified atom stereocenters. The lowest BCUT2D eigenvalue weighted by atomic mass is 9.97. The third-order valence-corrected chi connectivity index (χ3v) is 6.86. The van der Waals surface area contributed by atoms with Crippen molar-refractivity contribution in [3.63, 3.8) is 0 Å². The third kappa shape index (κ3) is 6.81. The van der Waals surface area contributed by atoms with Crippen molar-refractivity contribution in [1.29, 1.82) is 0 Å². The molecule has 43 heavy (non-hydrogen) atoms. The lowest BCUT2D eigenvalue weighted by Crippen LogP contribution is -2.27. The van der Waals surface area contributed by atoms with E-state index in [4.69, 9.17) is 14.2 Å². The van der Waals surface area contributed by atoms with Crippen LogP contribution >= 0.6 is 0 Å². The van der Waals surface area contributed by atoms with Gasteiger partial charge in [0, 0.05) is 17.2 Å². The van der Waals surface area contributed by atoms with Gasteiger partial charge in [-0.15, -0.1) is 0 Å². The molecule has 0 spiro atoms. The molecule has 8 heteroatoms. The highest BCUT2D eigenvalue weighted by Gasteiger charge is 2.21. The second-order valence-electron chi connectivity index (χ2n) is 9.84. The number of rotatable bonds is 10. The summed E-state index contributed by atoms with van der Waals surface area (Å²) in [5, 5.41) is 4.62. The van der Waals surface area contributed by atoms with Gasteiger partial charge in [-0.25, -0.2) is 13.5 Å². The molecule has 1 aromatic heterocycles. The molecule has 0 N–H and O–H groups in total. The number of nitrogens with zero attached hydrogens (tertiary/aromatic N) is 2. The number of halogens is 2. The summed E-state index contributed by atoms with van der Waals surface area (Å²) in [6, 6.07) is 25.3. The van der Waals surface area contributed by atoms with Gasteiger partial charge in [0.2, 0.25) is 0 Å². The quantitative estimate of drug-likeness (QED) is 0.173. The Bertz CT molecular complexity index is 1810. The molecule has 0 radical (unpaired) electrons. The van der Waals surface area contributed by atoms with Crippen LogP contribution in [-0.2, 0) is 13.2 Å². The Morgan fingerprint density at radius 3 is 2.23 bits per heavy atom. The summed E-state index contributed by atoms with van der Waals surface area (Å²) < 4.78 is 47.3. The van der Waals surface area contributed by atoms with Crippen LogP contribution in [-0.4, -0.2) is 24.0 Å². The van der Waals surface area contributed by atoms with E-state index in [1.54, 1.807) is 75.8 Å². The Balaban J connectivity index is 1.65. The van der Waals surface area contributed by atoms with Crippen molar-refractivity contribution in [1.82, 2.24) is 9.78 Å². The van der Waals surface area contributed by atoms with Crippen LogP contribution in [0.2, 0.25) is 0 Å². The van der Waals surface area contributed by atoms with Gasteiger partial charge in [0.25, 0.3) is 5.56 Å². The van der Waals surface area contributed by atoms with Crippen LogP contribution in [0.15, 0.2) is 95.8 Å². The van der Waals surface area contributed by atoms with E-state index in [9.17, 15) is 9.18 Å². The Morgan fingerprint density at radius 1 is 0.814 bits per heavy atom. The van der Waals surface area contributed by atoms with Gasteiger partial charge in [-0.1, -0.05) is 60.7 Å². The maximum absolute atomic E-state index is 15.3. The largest absolute Gasteiger partial charge is 0.497 e. The van der Waals surface area contributed by atoms with E-state index in [1.165, 1.54) is 22.9 Å². The van der Waals surface area contributed by atoms with Gasteiger partial charge in [0.15, 0.2) is 11.6 Å². The molecule has 0 atom stereocenters. The van der Waals surface area contributed by atoms with Crippen molar-refractivity contribution in [2.24, 2.45) is 0 Å². The fourth-order valence-electron chi connectivity index (χ4n) is 4.82. The van der Waals surface area contributed by atoms with Gasteiger partial charge in [0.1, 0.15) is 23.9 Å². The first-order chi connectivity index (χ1) is 20.9. The number of benzene rings is 4. The van der Waals surface area contributed by atoms with Crippen LogP contribution in [0.3, 0.4) is 0 Å². The number of para-hydroxylation sites is 1. The van der Waals surface area contributed by atoms with Crippen molar-refractivity contribution in [2.75, 3.05) is 14.2 Å². The molecule has 6 nitrogen and oxygen atoms in total. The minimum absolute atomic E-state index is 0.00587. The average molecular weight is 581 g/mol. The smallest absolute Gasteiger partial charge is 0.274 e. The van der Waals surface area contributed by atoms with E-state index in [-0.39, 0.29) is 24.5 Å². The summed E-state index contributed by atoms with van der Waals surface area (Å²) in [5.41, 5.74) is 3.26. The van der Waals surface area contributed by atoms with Crippen LogP contribution in [0.1, 0.15) is 27.9 Å². The van der Waals surface area contributed by atoms with E-state index in [1.807, 2.05) is 30.3 Å². The maximum Gasteiger partial charge on any atom is 0.274 e. The van der Waals surface area contributed by atoms with Crippen molar-refractivity contribution in [3.05, 3.63) is 141 Å². The van der Waals surface area contributed by atoms with E-state index in [0.717, 1.165) is 11.1 Å². The van der Waals surface area contributed by atoms with E-state index >= 15 is 4.39 Å². The van der Waals surface area contributed by atoms with Gasteiger partial charge in [-0.3, -0.25) is 4.79 Å². The fourth-order valence-corrected chi connectivity index (χ4v) is 4.82. The van der Waals surface area contributed by atoms with Crippen LogP contribution in [0.5, 0.6) is 17.2 Å². The molecule has 0 bridgehead atoms. The summed E-state index contributed by atoms with van der Waals surface area (Å²) >= 11 is 0. The van der Waals surface area contributed by atoms with Crippen molar-refractivity contribution in [2.45, 2.75) is 20.1 Å². The average Bonchev–Trinajstić information content (AvgIpc) is 3.01. The highest BCUT2D eigenvalue weighted by Crippen LogP contribution is 2.36. The number of aromatic nitrogens is 2. The summed E-state index contributed by atoms with van der Waals surface area (Å²) in [6.45, 7) is 2.00. The summed E-state index contributed by atoms with van der Waals surface area (Å²) in [7, 11) is 3.10. The summed E-state index contributed by atoms with van der Waals surface area (Å²) in [6.07, 6.45) is 3.25. The minimum Gasteiger partial charge on any atom is -0.497 e. The van der Waals surface area contributed by atoms with E-state index in [0.29, 0.717) is 33.9 Å². The third-order valence-electron chi connectivity index (χ3n) is 6.86. The molecule has 1 heterocycles. The molecule has 0 aliphatic carbocycles. The van der Waals surface area contributed by atoms with Gasteiger partial charge in [-0.05, 0) is 60.0 Å². The maximum atomic E-state index is 15.3. The first-order valence-corrected chi connectivity index (χ1v) is 13.6. The van der Waals surface area contributed by atoms with Crippen LogP contribution in [0.4, 0.5) is 8.78 Å². The van der Waals surface area contributed by atoms with E-state index < -0.39 is 17.2 Å². The molecule has 218 valence electrons. The lowest BCUT2D eigenvalue weighted by molar-refractivity contribution is 0.291. The number of hydrogen-bond acceptors (Lipinski definition) is 5. The van der Waals surface area contributed by atoms with Crippen molar-refractivity contribution >= 4 is 12.2 Å². The molecule has 0 aliphatic heterocycles. The highest BCUT2D eigenvalue weighted by atomic mass is 19.1. The molecule has 4 aromatic carbocycles. The number of methoxy groups -OCH3 is 2. The molecule has 5 rings (SSSR count). The van der Waals surface area contributed by atoms with Gasteiger partial charge < -0.3 is 14.2 Å². The summed E-state index contributed by atoms with van der Waals surface area (Å²) in [5.74, 6) is 0.176.